The van der Waals surface area contributed by atoms with Gasteiger partial charge in [0.15, 0.2) is 5.04 Å². The topological polar surface area (TPSA) is 66.7 Å². The van der Waals surface area contributed by atoms with Crippen molar-refractivity contribution < 1.29 is 13.0 Å². The number of aryl methyl sites for hydroxylation is 1. The molecule has 1 N–H and O–H groups in total. The van der Waals surface area contributed by atoms with Gasteiger partial charge in [-0.1, -0.05) is 12.1 Å². The van der Waals surface area contributed by atoms with Crippen molar-refractivity contribution in [2.75, 3.05) is 0 Å². The molecule has 0 bridgehead atoms. The summed E-state index contributed by atoms with van der Waals surface area (Å²) in [4.78, 5) is 4.02. The highest BCUT2D eigenvalue weighted by atomic mass is 32.2. The summed E-state index contributed by atoms with van der Waals surface area (Å²) in [6.07, 6.45) is 0. The van der Waals surface area contributed by atoms with E-state index in [1.54, 1.807) is 19.9 Å². The van der Waals surface area contributed by atoms with Crippen molar-refractivity contribution in [2.24, 2.45) is 4.99 Å². The molecule has 4 nitrogen and oxygen atoms in total. The van der Waals surface area contributed by atoms with E-state index in [1.807, 2.05) is 19.1 Å². The Morgan fingerprint density at radius 2 is 1.94 bits per heavy atom. The number of benzene rings is 1. The van der Waals surface area contributed by atoms with Crippen LogP contribution in [0.1, 0.15) is 25.0 Å². The summed E-state index contributed by atoms with van der Waals surface area (Å²) in [5.74, 6) is 0. The lowest BCUT2D eigenvalue weighted by Gasteiger charge is -2.21. The van der Waals surface area contributed by atoms with Gasteiger partial charge < -0.3 is 0 Å². The van der Waals surface area contributed by atoms with E-state index in [2.05, 4.69) is 4.99 Å². The fraction of sp³-hybridized carbons (Fsp3) is 0.364. The minimum absolute atomic E-state index is 0.177. The van der Waals surface area contributed by atoms with Gasteiger partial charge >= 0.3 is 10.1 Å². The van der Waals surface area contributed by atoms with Gasteiger partial charge in [0.25, 0.3) is 0 Å². The predicted molar refractivity (Wildman–Crippen MR) is 62.8 cm³/mol. The Kier molecular flexibility index (Phi) is 2.22. The number of aliphatic imine (C=N–C) groups is 1. The molecular weight excluding hydrogens is 226 g/mol. The zero-order valence-electron chi connectivity index (χ0n) is 9.35. The normalized spacial score (nSPS) is 18.1. The number of nitrogens with zero attached hydrogens (tertiary/aromatic N) is 1. The van der Waals surface area contributed by atoms with Crippen LogP contribution >= 0.6 is 0 Å². The number of fused-ring (bicyclic) bond motifs is 1. The standard InChI is InChI=1S/C11H13NO3S/c1-7-5-4-6-8-9(7)11(2,3)10(12-8)16(13,14)15/h4-6H,1-3H3,(H,13,14,15). The Morgan fingerprint density at radius 1 is 1.31 bits per heavy atom. The van der Waals surface area contributed by atoms with Gasteiger partial charge in [0, 0.05) is 5.41 Å². The van der Waals surface area contributed by atoms with Crippen LogP contribution in [-0.4, -0.2) is 18.0 Å². The third-order valence-electron chi connectivity index (χ3n) is 2.88. The lowest BCUT2D eigenvalue weighted by Crippen LogP contribution is -2.32. The first-order valence-corrected chi connectivity index (χ1v) is 6.35. The highest BCUT2D eigenvalue weighted by molar-refractivity contribution is 8.01. The fourth-order valence-electron chi connectivity index (χ4n) is 2.29. The SMILES string of the molecule is Cc1cccc2c1C(C)(C)C(S(=O)(=O)O)=N2. The number of rotatable bonds is 0. The average Bonchev–Trinajstić information content (AvgIpc) is 2.38. The van der Waals surface area contributed by atoms with Crippen LogP contribution in [0.4, 0.5) is 5.69 Å². The van der Waals surface area contributed by atoms with E-state index >= 15 is 0 Å². The third-order valence-corrected chi connectivity index (χ3v) is 3.97. The zero-order chi connectivity index (χ0) is 12.1. The van der Waals surface area contributed by atoms with E-state index in [4.69, 9.17) is 4.55 Å². The molecule has 0 fully saturated rings. The Labute approximate surface area is 94.8 Å². The first-order chi connectivity index (χ1) is 7.24. The molecule has 0 aliphatic carbocycles. The first kappa shape index (κ1) is 11.3. The Balaban J connectivity index is 2.75. The molecule has 0 saturated carbocycles. The van der Waals surface area contributed by atoms with Crippen molar-refractivity contribution >= 4 is 20.8 Å². The molecule has 0 spiro atoms. The average molecular weight is 239 g/mol. The summed E-state index contributed by atoms with van der Waals surface area (Å²) in [7, 11) is -4.24. The molecule has 0 saturated heterocycles. The van der Waals surface area contributed by atoms with E-state index in [1.165, 1.54) is 0 Å². The second-order valence-electron chi connectivity index (χ2n) is 4.49. The van der Waals surface area contributed by atoms with Gasteiger partial charge in [0.2, 0.25) is 0 Å². The molecule has 0 atom stereocenters. The molecule has 16 heavy (non-hydrogen) atoms. The lowest BCUT2D eigenvalue weighted by molar-refractivity contribution is 0.494. The van der Waals surface area contributed by atoms with E-state index in [9.17, 15) is 8.42 Å². The summed E-state index contributed by atoms with van der Waals surface area (Å²) < 4.78 is 31.7. The maximum Gasteiger partial charge on any atom is 0.309 e. The molecular formula is C11H13NO3S. The van der Waals surface area contributed by atoms with Gasteiger partial charge in [-0.15, -0.1) is 0 Å². The Morgan fingerprint density at radius 3 is 2.44 bits per heavy atom. The van der Waals surface area contributed by atoms with Gasteiger partial charge in [-0.3, -0.25) is 4.55 Å². The second-order valence-corrected chi connectivity index (χ2v) is 5.82. The van der Waals surface area contributed by atoms with Gasteiger partial charge in [-0.05, 0) is 38.0 Å². The molecule has 0 amide bonds. The van der Waals surface area contributed by atoms with Crippen LogP contribution in [0, 0.1) is 6.92 Å². The summed E-state index contributed by atoms with van der Waals surface area (Å²) in [6.45, 7) is 5.40. The highest BCUT2D eigenvalue weighted by Crippen LogP contribution is 2.42. The molecule has 5 heteroatoms. The maximum absolute atomic E-state index is 11.3. The molecule has 0 radical (unpaired) electrons. The van der Waals surface area contributed by atoms with Crippen LogP contribution in [-0.2, 0) is 15.5 Å². The Bertz CT molecular complexity index is 585. The van der Waals surface area contributed by atoms with Crippen LogP contribution in [0.5, 0.6) is 0 Å². The summed E-state index contributed by atoms with van der Waals surface area (Å²) in [5, 5.41) is -0.177. The molecule has 1 aromatic rings. The maximum atomic E-state index is 11.3. The predicted octanol–water partition coefficient (Wildman–Crippen LogP) is 2.20. The van der Waals surface area contributed by atoms with Crippen LogP contribution in [0.15, 0.2) is 23.2 Å². The van der Waals surface area contributed by atoms with Crippen molar-refractivity contribution in [1.82, 2.24) is 0 Å². The molecule has 0 unspecified atom stereocenters. The smallest absolute Gasteiger partial charge is 0.281 e. The minimum atomic E-state index is -4.24. The van der Waals surface area contributed by atoms with Crippen molar-refractivity contribution in [1.29, 1.82) is 0 Å². The number of hydrogen-bond donors (Lipinski definition) is 1. The highest BCUT2D eigenvalue weighted by Gasteiger charge is 2.42. The van der Waals surface area contributed by atoms with Gasteiger partial charge in [0.05, 0.1) is 5.69 Å². The van der Waals surface area contributed by atoms with E-state index in [-0.39, 0.29) is 5.04 Å². The van der Waals surface area contributed by atoms with E-state index in [0.29, 0.717) is 5.69 Å². The van der Waals surface area contributed by atoms with Crippen LogP contribution in [0.25, 0.3) is 0 Å². The van der Waals surface area contributed by atoms with E-state index < -0.39 is 15.5 Å². The molecule has 1 aliphatic rings. The minimum Gasteiger partial charge on any atom is -0.281 e. The first-order valence-electron chi connectivity index (χ1n) is 4.91. The number of hydrogen-bond acceptors (Lipinski definition) is 3. The molecule has 86 valence electrons. The largest absolute Gasteiger partial charge is 0.309 e. The van der Waals surface area contributed by atoms with Crippen LogP contribution in [0.3, 0.4) is 0 Å². The third kappa shape index (κ3) is 1.47. The summed E-state index contributed by atoms with van der Waals surface area (Å²) in [5.41, 5.74) is 1.69. The molecule has 2 rings (SSSR count). The molecule has 0 aromatic heterocycles. The summed E-state index contributed by atoms with van der Waals surface area (Å²) in [6, 6.07) is 5.48. The molecule has 1 aliphatic heterocycles. The van der Waals surface area contributed by atoms with Crippen molar-refractivity contribution in [2.45, 2.75) is 26.2 Å². The fourth-order valence-corrected chi connectivity index (χ4v) is 3.26. The van der Waals surface area contributed by atoms with Gasteiger partial charge in [-0.2, -0.15) is 8.42 Å². The van der Waals surface area contributed by atoms with Gasteiger partial charge in [0.1, 0.15) is 0 Å². The molecule has 1 aromatic carbocycles. The second kappa shape index (κ2) is 3.15. The van der Waals surface area contributed by atoms with Gasteiger partial charge in [-0.25, -0.2) is 4.99 Å². The molecule has 1 heterocycles. The van der Waals surface area contributed by atoms with Crippen molar-refractivity contribution in [3.05, 3.63) is 29.3 Å². The summed E-state index contributed by atoms with van der Waals surface area (Å²) >= 11 is 0. The Hall–Kier alpha value is -1.20. The lowest BCUT2D eigenvalue weighted by atomic mass is 9.84. The monoisotopic (exact) mass is 239 g/mol. The van der Waals surface area contributed by atoms with Crippen LogP contribution < -0.4 is 0 Å². The quantitative estimate of drug-likeness (QED) is 0.706. The zero-order valence-corrected chi connectivity index (χ0v) is 10.2. The van der Waals surface area contributed by atoms with E-state index in [0.717, 1.165) is 11.1 Å². The van der Waals surface area contributed by atoms with Crippen LogP contribution in [0.2, 0.25) is 0 Å². The van der Waals surface area contributed by atoms with Crippen molar-refractivity contribution in [3.63, 3.8) is 0 Å². The van der Waals surface area contributed by atoms with Crippen molar-refractivity contribution in [3.8, 4) is 0 Å².